The lowest BCUT2D eigenvalue weighted by Crippen LogP contribution is -2.54. The zero-order valence-corrected chi connectivity index (χ0v) is 11.1. The van der Waals surface area contributed by atoms with Crippen LogP contribution in [0.3, 0.4) is 0 Å². The SMILES string of the molecule is CCC(CC)(CN)NC(=O)COc1ccccc1. The molecule has 18 heavy (non-hydrogen) atoms. The Bertz CT molecular complexity index is 353. The second-order valence-corrected chi connectivity index (χ2v) is 4.34. The number of hydrogen-bond donors (Lipinski definition) is 2. The summed E-state index contributed by atoms with van der Waals surface area (Å²) >= 11 is 0. The zero-order chi connectivity index (χ0) is 13.4. The van der Waals surface area contributed by atoms with Gasteiger partial charge in [0, 0.05) is 6.54 Å². The van der Waals surface area contributed by atoms with Gasteiger partial charge in [-0.1, -0.05) is 32.0 Å². The van der Waals surface area contributed by atoms with Crippen molar-refractivity contribution >= 4 is 5.91 Å². The van der Waals surface area contributed by atoms with Gasteiger partial charge in [0.2, 0.25) is 0 Å². The molecular weight excluding hydrogens is 228 g/mol. The number of para-hydroxylation sites is 1. The topological polar surface area (TPSA) is 64.3 Å². The van der Waals surface area contributed by atoms with E-state index in [4.69, 9.17) is 10.5 Å². The summed E-state index contributed by atoms with van der Waals surface area (Å²) in [5.74, 6) is 0.562. The molecule has 0 aliphatic heterocycles. The molecule has 0 saturated heterocycles. The van der Waals surface area contributed by atoms with Crippen LogP contribution in [0.4, 0.5) is 0 Å². The van der Waals surface area contributed by atoms with Crippen LogP contribution in [-0.2, 0) is 4.79 Å². The van der Waals surface area contributed by atoms with Gasteiger partial charge in [-0.3, -0.25) is 4.79 Å². The fourth-order valence-corrected chi connectivity index (χ4v) is 1.76. The predicted octanol–water partition coefficient (Wildman–Crippen LogP) is 1.70. The molecule has 4 nitrogen and oxygen atoms in total. The number of carbonyl (C=O) groups excluding carboxylic acids is 1. The van der Waals surface area contributed by atoms with Gasteiger partial charge in [-0.2, -0.15) is 0 Å². The standard InChI is InChI=1S/C14H22N2O2/c1-3-14(4-2,11-15)16-13(17)10-18-12-8-6-5-7-9-12/h5-9H,3-4,10-11,15H2,1-2H3,(H,16,17). The Morgan fingerprint density at radius 3 is 2.39 bits per heavy atom. The van der Waals surface area contributed by atoms with Crippen LogP contribution < -0.4 is 15.8 Å². The van der Waals surface area contributed by atoms with E-state index in [2.05, 4.69) is 5.32 Å². The predicted molar refractivity (Wildman–Crippen MR) is 72.4 cm³/mol. The van der Waals surface area contributed by atoms with Crippen LogP contribution in [0.5, 0.6) is 5.75 Å². The highest BCUT2D eigenvalue weighted by atomic mass is 16.5. The van der Waals surface area contributed by atoms with Crippen molar-refractivity contribution in [3.8, 4) is 5.75 Å². The molecule has 0 spiro atoms. The Kier molecular flexibility index (Phi) is 5.65. The fraction of sp³-hybridized carbons (Fsp3) is 0.500. The maximum Gasteiger partial charge on any atom is 0.258 e. The average Bonchev–Trinajstić information content (AvgIpc) is 2.44. The van der Waals surface area contributed by atoms with Crippen LogP contribution in [0.15, 0.2) is 30.3 Å². The van der Waals surface area contributed by atoms with Gasteiger partial charge < -0.3 is 15.8 Å². The molecule has 1 rings (SSSR count). The first-order chi connectivity index (χ1) is 8.65. The van der Waals surface area contributed by atoms with Crippen molar-refractivity contribution in [2.45, 2.75) is 32.2 Å². The Labute approximate surface area is 109 Å². The van der Waals surface area contributed by atoms with Gasteiger partial charge in [-0.25, -0.2) is 0 Å². The Hall–Kier alpha value is -1.55. The molecule has 1 amide bonds. The van der Waals surface area contributed by atoms with E-state index in [9.17, 15) is 4.79 Å². The third kappa shape index (κ3) is 4.04. The molecule has 0 radical (unpaired) electrons. The normalized spacial score (nSPS) is 11.1. The van der Waals surface area contributed by atoms with E-state index in [1.807, 2.05) is 44.2 Å². The van der Waals surface area contributed by atoms with E-state index in [1.54, 1.807) is 0 Å². The molecule has 0 bridgehead atoms. The number of rotatable bonds is 7. The van der Waals surface area contributed by atoms with Crippen molar-refractivity contribution in [3.63, 3.8) is 0 Å². The molecule has 0 saturated carbocycles. The second-order valence-electron chi connectivity index (χ2n) is 4.34. The minimum atomic E-state index is -0.308. The fourth-order valence-electron chi connectivity index (χ4n) is 1.76. The first-order valence-corrected chi connectivity index (χ1v) is 6.34. The van der Waals surface area contributed by atoms with E-state index >= 15 is 0 Å². The van der Waals surface area contributed by atoms with Gasteiger partial charge in [-0.15, -0.1) is 0 Å². The number of ether oxygens (including phenoxy) is 1. The van der Waals surface area contributed by atoms with Crippen LogP contribution in [0.25, 0.3) is 0 Å². The van der Waals surface area contributed by atoms with Crippen molar-refractivity contribution in [1.29, 1.82) is 0 Å². The molecule has 1 aromatic rings. The summed E-state index contributed by atoms with van der Waals surface area (Å²) in [6, 6.07) is 9.29. The van der Waals surface area contributed by atoms with Crippen molar-refractivity contribution < 1.29 is 9.53 Å². The van der Waals surface area contributed by atoms with E-state index in [-0.39, 0.29) is 18.1 Å². The van der Waals surface area contributed by atoms with Gasteiger partial charge in [0.1, 0.15) is 5.75 Å². The maximum absolute atomic E-state index is 11.8. The number of nitrogens with one attached hydrogen (secondary N) is 1. The summed E-state index contributed by atoms with van der Waals surface area (Å²) in [7, 11) is 0. The third-order valence-electron chi connectivity index (χ3n) is 3.26. The van der Waals surface area contributed by atoms with Crippen LogP contribution in [0.2, 0.25) is 0 Å². The van der Waals surface area contributed by atoms with Crippen molar-refractivity contribution in [2.24, 2.45) is 5.73 Å². The number of hydrogen-bond acceptors (Lipinski definition) is 3. The second kappa shape index (κ2) is 7.01. The lowest BCUT2D eigenvalue weighted by Gasteiger charge is -2.31. The molecule has 100 valence electrons. The number of carbonyl (C=O) groups is 1. The molecule has 0 aromatic heterocycles. The van der Waals surface area contributed by atoms with Crippen molar-refractivity contribution in [3.05, 3.63) is 30.3 Å². The highest BCUT2D eigenvalue weighted by Crippen LogP contribution is 2.13. The summed E-state index contributed by atoms with van der Waals surface area (Å²) in [5.41, 5.74) is 5.42. The average molecular weight is 250 g/mol. The Balaban J connectivity index is 2.46. The van der Waals surface area contributed by atoms with E-state index in [0.29, 0.717) is 12.3 Å². The van der Waals surface area contributed by atoms with Crippen molar-refractivity contribution in [1.82, 2.24) is 5.32 Å². The van der Waals surface area contributed by atoms with Crippen LogP contribution in [0, 0.1) is 0 Å². The lowest BCUT2D eigenvalue weighted by atomic mass is 9.93. The first kappa shape index (κ1) is 14.5. The van der Waals surface area contributed by atoms with Gasteiger partial charge in [0.15, 0.2) is 6.61 Å². The smallest absolute Gasteiger partial charge is 0.258 e. The van der Waals surface area contributed by atoms with Gasteiger partial charge in [0.25, 0.3) is 5.91 Å². The lowest BCUT2D eigenvalue weighted by molar-refractivity contribution is -0.125. The third-order valence-corrected chi connectivity index (χ3v) is 3.26. The Morgan fingerprint density at radius 1 is 1.28 bits per heavy atom. The van der Waals surface area contributed by atoms with Gasteiger partial charge in [-0.05, 0) is 25.0 Å². The highest BCUT2D eigenvalue weighted by molar-refractivity contribution is 5.78. The monoisotopic (exact) mass is 250 g/mol. The van der Waals surface area contributed by atoms with E-state index in [0.717, 1.165) is 12.8 Å². The summed E-state index contributed by atoms with van der Waals surface area (Å²) < 4.78 is 5.39. The van der Waals surface area contributed by atoms with Crippen molar-refractivity contribution in [2.75, 3.05) is 13.2 Å². The first-order valence-electron chi connectivity index (χ1n) is 6.34. The van der Waals surface area contributed by atoms with Crippen LogP contribution in [-0.4, -0.2) is 24.6 Å². The minimum absolute atomic E-state index is 0.0196. The van der Waals surface area contributed by atoms with E-state index < -0.39 is 0 Å². The quantitative estimate of drug-likeness (QED) is 0.774. The van der Waals surface area contributed by atoms with E-state index in [1.165, 1.54) is 0 Å². The minimum Gasteiger partial charge on any atom is -0.484 e. The molecule has 0 atom stereocenters. The van der Waals surface area contributed by atoms with Crippen LogP contribution in [0.1, 0.15) is 26.7 Å². The summed E-state index contributed by atoms with van der Waals surface area (Å²) in [6.45, 7) is 4.51. The molecule has 0 aliphatic carbocycles. The molecule has 4 heteroatoms. The molecule has 1 aromatic carbocycles. The van der Waals surface area contributed by atoms with Crippen LogP contribution >= 0.6 is 0 Å². The largest absolute Gasteiger partial charge is 0.484 e. The number of amides is 1. The maximum atomic E-state index is 11.8. The van der Waals surface area contributed by atoms with Gasteiger partial charge >= 0.3 is 0 Å². The molecular formula is C14H22N2O2. The molecule has 0 heterocycles. The summed E-state index contributed by atoms with van der Waals surface area (Å²) in [4.78, 5) is 11.8. The summed E-state index contributed by atoms with van der Waals surface area (Å²) in [6.07, 6.45) is 1.63. The molecule has 0 unspecified atom stereocenters. The summed E-state index contributed by atoms with van der Waals surface area (Å²) in [5, 5.41) is 2.96. The van der Waals surface area contributed by atoms with Gasteiger partial charge in [0.05, 0.1) is 5.54 Å². The molecule has 3 N–H and O–H groups in total. The Morgan fingerprint density at radius 2 is 1.89 bits per heavy atom. The molecule has 0 aliphatic rings. The number of benzene rings is 1. The highest BCUT2D eigenvalue weighted by Gasteiger charge is 2.26. The zero-order valence-electron chi connectivity index (χ0n) is 11.1. The number of nitrogens with two attached hydrogens (primary N) is 1. The molecule has 0 fully saturated rings.